The Kier molecular flexibility index (Phi) is 5.80. The summed E-state index contributed by atoms with van der Waals surface area (Å²) in [4.78, 5) is 39.9. The highest BCUT2D eigenvalue weighted by atomic mass is 16.2. The molecule has 8 nitrogen and oxygen atoms in total. The van der Waals surface area contributed by atoms with Gasteiger partial charge in [-0.3, -0.25) is 14.5 Å². The van der Waals surface area contributed by atoms with E-state index >= 15 is 0 Å². The predicted octanol–water partition coefficient (Wildman–Crippen LogP) is 3.92. The van der Waals surface area contributed by atoms with E-state index in [-0.39, 0.29) is 23.8 Å². The van der Waals surface area contributed by atoms with Crippen LogP contribution in [0.3, 0.4) is 0 Å². The zero-order valence-electron chi connectivity index (χ0n) is 20.1. The average Bonchev–Trinajstić information content (AvgIpc) is 3.26. The first-order valence-electron chi connectivity index (χ1n) is 11.6. The van der Waals surface area contributed by atoms with Crippen LogP contribution in [-0.4, -0.2) is 44.6 Å². The van der Waals surface area contributed by atoms with Crippen molar-refractivity contribution in [2.45, 2.75) is 71.3 Å². The van der Waals surface area contributed by atoms with Gasteiger partial charge in [-0.1, -0.05) is 52.7 Å². The third kappa shape index (κ3) is 4.26. The summed E-state index contributed by atoms with van der Waals surface area (Å²) in [5.41, 5.74) is 1.63. The second kappa shape index (κ2) is 8.32. The second-order valence-corrected chi connectivity index (χ2v) is 10.4. The molecule has 1 spiro atoms. The first kappa shape index (κ1) is 23.0. The minimum Gasteiger partial charge on any atom is -0.323 e. The molecular formula is C25H33N5O3. The zero-order valence-corrected chi connectivity index (χ0v) is 20.1. The van der Waals surface area contributed by atoms with Crippen molar-refractivity contribution in [1.29, 1.82) is 0 Å². The number of imide groups is 1. The number of urea groups is 1. The highest BCUT2D eigenvalue weighted by Gasteiger charge is 2.55. The van der Waals surface area contributed by atoms with Crippen molar-refractivity contribution in [2.24, 2.45) is 5.92 Å². The standard InChI is InChI=1S/C25H33N5O3/c1-16-9-8-11-18(13-16)30-20(14-19(28-30)24(3,4)5)26-21(31)15-29-22(32)25(27-23(29)33)12-7-6-10-17(25)2/h8-9,11,13-14,17H,6-7,10,12,15H2,1-5H3,(H,26,31)(H,27,33). The van der Waals surface area contributed by atoms with E-state index in [2.05, 4.69) is 31.4 Å². The Hall–Kier alpha value is -3.16. The molecule has 2 atom stereocenters. The van der Waals surface area contributed by atoms with Crippen molar-refractivity contribution in [3.05, 3.63) is 41.6 Å². The van der Waals surface area contributed by atoms with Gasteiger partial charge in [0, 0.05) is 11.5 Å². The number of hydrogen-bond acceptors (Lipinski definition) is 4. The van der Waals surface area contributed by atoms with E-state index in [0.29, 0.717) is 12.2 Å². The molecule has 2 unspecified atom stereocenters. The van der Waals surface area contributed by atoms with Gasteiger partial charge in [-0.15, -0.1) is 0 Å². The molecule has 2 aromatic rings. The van der Waals surface area contributed by atoms with Crippen molar-refractivity contribution < 1.29 is 14.4 Å². The van der Waals surface area contributed by atoms with Gasteiger partial charge in [0.25, 0.3) is 5.91 Å². The summed E-state index contributed by atoms with van der Waals surface area (Å²) in [6, 6.07) is 9.19. The lowest BCUT2D eigenvalue weighted by atomic mass is 9.73. The van der Waals surface area contributed by atoms with Crippen LogP contribution >= 0.6 is 0 Å². The van der Waals surface area contributed by atoms with Gasteiger partial charge >= 0.3 is 6.03 Å². The molecule has 2 N–H and O–H groups in total. The lowest BCUT2D eigenvalue weighted by Crippen LogP contribution is -2.54. The van der Waals surface area contributed by atoms with Crippen molar-refractivity contribution in [1.82, 2.24) is 20.0 Å². The fourth-order valence-corrected chi connectivity index (χ4v) is 4.76. The van der Waals surface area contributed by atoms with Crippen LogP contribution in [0, 0.1) is 12.8 Å². The number of anilines is 1. The third-order valence-corrected chi connectivity index (χ3v) is 6.79. The molecule has 176 valence electrons. The lowest BCUT2D eigenvalue weighted by molar-refractivity contribution is -0.136. The van der Waals surface area contributed by atoms with Gasteiger partial charge < -0.3 is 10.6 Å². The maximum atomic E-state index is 13.2. The third-order valence-electron chi connectivity index (χ3n) is 6.79. The minimum absolute atomic E-state index is 0.0489. The highest BCUT2D eigenvalue weighted by Crippen LogP contribution is 2.38. The number of nitrogens with one attached hydrogen (secondary N) is 2. The first-order chi connectivity index (χ1) is 15.5. The number of aromatic nitrogens is 2. The number of carbonyl (C=O) groups is 3. The summed E-state index contributed by atoms with van der Waals surface area (Å²) in [5.74, 6) is -0.179. The Labute approximate surface area is 194 Å². The Morgan fingerprint density at radius 2 is 2.00 bits per heavy atom. The average molecular weight is 452 g/mol. The largest absolute Gasteiger partial charge is 0.325 e. The summed E-state index contributed by atoms with van der Waals surface area (Å²) in [5, 5.41) is 10.5. The number of hydrogen-bond donors (Lipinski definition) is 2. The summed E-state index contributed by atoms with van der Waals surface area (Å²) in [6.45, 7) is 9.83. The molecule has 1 aromatic carbocycles. The molecule has 1 aliphatic carbocycles. The van der Waals surface area contributed by atoms with Crippen molar-refractivity contribution >= 4 is 23.7 Å². The maximum absolute atomic E-state index is 13.2. The minimum atomic E-state index is -0.877. The molecule has 0 bridgehead atoms. The van der Waals surface area contributed by atoms with Crippen LogP contribution in [0.25, 0.3) is 5.69 Å². The number of aryl methyl sites for hydroxylation is 1. The Balaban J connectivity index is 1.57. The second-order valence-electron chi connectivity index (χ2n) is 10.4. The number of benzene rings is 1. The van der Waals surface area contributed by atoms with E-state index in [4.69, 9.17) is 5.10 Å². The van der Waals surface area contributed by atoms with Crippen LogP contribution in [0.1, 0.15) is 64.6 Å². The normalized spacial score (nSPS) is 23.2. The van der Waals surface area contributed by atoms with E-state index in [1.807, 2.05) is 44.2 Å². The molecule has 4 rings (SSSR count). The Morgan fingerprint density at radius 3 is 2.67 bits per heavy atom. The van der Waals surface area contributed by atoms with Crippen LogP contribution in [0.2, 0.25) is 0 Å². The molecule has 1 saturated carbocycles. The van der Waals surface area contributed by atoms with E-state index in [1.165, 1.54) is 0 Å². The Morgan fingerprint density at radius 1 is 1.24 bits per heavy atom. The number of amides is 4. The molecule has 33 heavy (non-hydrogen) atoms. The van der Waals surface area contributed by atoms with Gasteiger partial charge in [0.05, 0.1) is 11.4 Å². The van der Waals surface area contributed by atoms with Crippen LogP contribution in [0.15, 0.2) is 30.3 Å². The monoisotopic (exact) mass is 451 g/mol. The number of nitrogens with zero attached hydrogens (tertiary/aromatic N) is 3. The van der Waals surface area contributed by atoms with Crippen molar-refractivity contribution in [2.75, 3.05) is 11.9 Å². The van der Waals surface area contributed by atoms with Crippen molar-refractivity contribution in [3.63, 3.8) is 0 Å². The van der Waals surface area contributed by atoms with Gasteiger partial charge in [-0.2, -0.15) is 5.10 Å². The molecule has 0 radical (unpaired) electrons. The first-order valence-corrected chi connectivity index (χ1v) is 11.6. The number of rotatable bonds is 4. The molecule has 2 heterocycles. The smallest absolute Gasteiger partial charge is 0.323 e. The molecule has 4 amide bonds. The SMILES string of the molecule is Cc1cccc(-n2nc(C(C)(C)C)cc2NC(=O)CN2C(=O)NC3(CCCCC3C)C2=O)c1. The molecule has 2 fully saturated rings. The van der Waals surface area contributed by atoms with Gasteiger partial charge in [-0.05, 0) is 43.4 Å². The fourth-order valence-electron chi connectivity index (χ4n) is 4.76. The van der Waals surface area contributed by atoms with Gasteiger partial charge in [0.2, 0.25) is 5.91 Å². The topological polar surface area (TPSA) is 96.3 Å². The molecule has 1 saturated heterocycles. The van der Waals surface area contributed by atoms with Crippen LogP contribution in [-0.2, 0) is 15.0 Å². The maximum Gasteiger partial charge on any atom is 0.325 e. The van der Waals surface area contributed by atoms with Crippen LogP contribution in [0.4, 0.5) is 10.6 Å². The van der Waals surface area contributed by atoms with E-state index in [9.17, 15) is 14.4 Å². The van der Waals surface area contributed by atoms with Gasteiger partial charge in [0.15, 0.2) is 0 Å². The number of carbonyl (C=O) groups excluding carboxylic acids is 3. The van der Waals surface area contributed by atoms with Crippen LogP contribution in [0.5, 0.6) is 0 Å². The quantitative estimate of drug-likeness (QED) is 0.689. The van der Waals surface area contributed by atoms with Crippen molar-refractivity contribution in [3.8, 4) is 5.69 Å². The van der Waals surface area contributed by atoms with E-state index in [0.717, 1.165) is 41.1 Å². The zero-order chi connectivity index (χ0) is 24.0. The summed E-state index contributed by atoms with van der Waals surface area (Å²) in [6.07, 6.45) is 3.44. The molecule has 2 aliphatic rings. The molecule has 8 heteroatoms. The highest BCUT2D eigenvalue weighted by molar-refractivity contribution is 6.10. The summed E-state index contributed by atoms with van der Waals surface area (Å²) >= 11 is 0. The van der Waals surface area contributed by atoms with E-state index in [1.54, 1.807) is 4.68 Å². The fraction of sp³-hybridized carbons (Fsp3) is 0.520. The predicted molar refractivity (Wildman–Crippen MR) is 126 cm³/mol. The van der Waals surface area contributed by atoms with Crippen LogP contribution < -0.4 is 10.6 Å². The van der Waals surface area contributed by atoms with Gasteiger partial charge in [0.1, 0.15) is 17.9 Å². The summed E-state index contributed by atoms with van der Waals surface area (Å²) in [7, 11) is 0. The van der Waals surface area contributed by atoms with E-state index < -0.39 is 17.5 Å². The van der Waals surface area contributed by atoms with Gasteiger partial charge in [-0.25, -0.2) is 9.48 Å². The lowest BCUT2D eigenvalue weighted by Gasteiger charge is -2.36. The molecular weight excluding hydrogens is 418 g/mol. The summed E-state index contributed by atoms with van der Waals surface area (Å²) < 4.78 is 1.70. The Bertz CT molecular complexity index is 1100. The molecule has 1 aromatic heterocycles. The molecule has 1 aliphatic heterocycles.